The molecule has 0 aromatic heterocycles. The van der Waals surface area contributed by atoms with E-state index in [2.05, 4.69) is 15.9 Å². The number of halogens is 1. The van der Waals surface area contributed by atoms with Crippen LogP contribution in [0.5, 0.6) is 5.75 Å². The number of carboxylic acid groups (broad SMARTS) is 1. The number of hydrogen-bond donors (Lipinski definition) is 2. The van der Waals surface area contributed by atoms with Gasteiger partial charge in [-0.3, -0.25) is 4.79 Å². The number of ether oxygens (including phenoxy) is 1. The third-order valence-corrected chi connectivity index (χ3v) is 4.18. The summed E-state index contributed by atoms with van der Waals surface area (Å²) in [5.74, 6) is -0.514. The number of nitrogens with two attached hydrogens (primary N) is 1. The molecular formula is C12H16BrNO3. The van der Waals surface area contributed by atoms with E-state index in [0.717, 1.165) is 21.2 Å². The van der Waals surface area contributed by atoms with Gasteiger partial charge in [-0.25, -0.2) is 0 Å². The van der Waals surface area contributed by atoms with E-state index in [9.17, 15) is 4.79 Å². The van der Waals surface area contributed by atoms with Crippen molar-refractivity contribution in [2.24, 2.45) is 5.73 Å². The lowest BCUT2D eigenvalue weighted by atomic mass is 9.94. The Bertz CT molecular complexity index is 472. The number of aliphatic carboxylic acids is 1. The fraction of sp³-hybridized carbons (Fsp3) is 0.417. The molecule has 17 heavy (non-hydrogen) atoms. The first kappa shape index (κ1) is 14.0. The maximum absolute atomic E-state index is 11.0. The minimum Gasteiger partial charge on any atom is -0.496 e. The largest absolute Gasteiger partial charge is 0.496 e. The number of methoxy groups -OCH3 is 1. The summed E-state index contributed by atoms with van der Waals surface area (Å²) in [6.45, 7) is 5.67. The number of hydrogen-bond acceptors (Lipinski definition) is 3. The molecule has 0 spiro atoms. The van der Waals surface area contributed by atoms with Gasteiger partial charge in [0, 0.05) is 10.0 Å². The predicted molar refractivity (Wildman–Crippen MR) is 69.5 cm³/mol. The van der Waals surface area contributed by atoms with Crippen LogP contribution in [0.15, 0.2) is 4.47 Å². The lowest BCUT2D eigenvalue weighted by Crippen LogP contribution is -2.23. The minimum atomic E-state index is -1.08. The first-order valence-corrected chi connectivity index (χ1v) is 5.93. The van der Waals surface area contributed by atoms with Gasteiger partial charge in [-0.05, 0) is 37.5 Å². The summed E-state index contributed by atoms with van der Waals surface area (Å²) in [6.07, 6.45) is 0. The van der Waals surface area contributed by atoms with E-state index in [1.807, 2.05) is 20.8 Å². The van der Waals surface area contributed by atoms with Crippen LogP contribution in [0.3, 0.4) is 0 Å². The smallest absolute Gasteiger partial charge is 0.325 e. The van der Waals surface area contributed by atoms with Crippen molar-refractivity contribution in [2.45, 2.75) is 26.8 Å². The summed E-state index contributed by atoms with van der Waals surface area (Å²) in [4.78, 5) is 11.0. The normalized spacial score (nSPS) is 12.4. The van der Waals surface area contributed by atoms with Gasteiger partial charge in [-0.1, -0.05) is 15.9 Å². The molecule has 94 valence electrons. The molecule has 0 heterocycles. The van der Waals surface area contributed by atoms with Gasteiger partial charge in [0.05, 0.1) is 7.11 Å². The van der Waals surface area contributed by atoms with Gasteiger partial charge in [0.25, 0.3) is 0 Å². The summed E-state index contributed by atoms with van der Waals surface area (Å²) in [6, 6.07) is -1.08. The maximum atomic E-state index is 11.0. The monoisotopic (exact) mass is 301 g/mol. The highest BCUT2D eigenvalue weighted by atomic mass is 79.9. The molecule has 0 radical (unpaired) electrons. The third-order valence-electron chi connectivity index (χ3n) is 2.99. The first-order valence-electron chi connectivity index (χ1n) is 5.14. The third kappa shape index (κ3) is 2.30. The molecule has 0 aliphatic heterocycles. The lowest BCUT2D eigenvalue weighted by Gasteiger charge is -2.20. The maximum Gasteiger partial charge on any atom is 0.325 e. The van der Waals surface area contributed by atoms with Crippen LogP contribution in [-0.4, -0.2) is 18.2 Å². The van der Waals surface area contributed by atoms with Gasteiger partial charge in [0.1, 0.15) is 11.8 Å². The van der Waals surface area contributed by atoms with Crippen LogP contribution in [0, 0.1) is 20.8 Å². The molecule has 0 saturated heterocycles. The Balaban J connectivity index is 3.63. The predicted octanol–water partition coefficient (Wildman–Crippen LogP) is 2.47. The zero-order valence-corrected chi connectivity index (χ0v) is 11.9. The standard InChI is InChI=1S/C12H16BrNO3/c1-5-6(2)11(17-4)8(7(3)9(5)13)10(14)12(15)16/h10H,14H2,1-4H3,(H,15,16). The van der Waals surface area contributed by atoms with E-state index in [1.165, 1.54) is 7.11 Å². The van der Waals surface area contributed by atoms with E-state index in [0.29, 0.717) is 11.3 Å². The molecule has 0 saturated carbocycles. The molecule has 3 N–H and O–H groups in total. The van der Waals surface area contributed by atoms with Gasteiger partial charge in [-0.15, -0.1) is 0 Å². The van der Waals surface area contributed by atoms with E-state index >= 15 is 0 Å². The summed E-state index contributed by atoms with van der Waals surface area (Å²) >= 11 is 3.46. The molecule has 0 bridgehead atoms. The Hall–Kier alpha value is -1.07. The van der Waals surface area contributed by atoms with E-state index in [4.69, 9.17) is 15.6 Å². The molecule has 0 amide bonds. The number of benzene rings is 1. The highest BCUT2D eigenvalue weighted by Crippen LogP contribution is 2.38. The van der Waals surface area contributed by atoms with E-state index < -0.39 is 12.0 Å². The highest BCUT2D eigenvalue weighted by Gasteiger charge is 2.25. The minimum absolute atomic E-state index is 0.523. The van der Waals surface area contributed by atoms with Gasteiger partial charge < -0.3 is 15.6 Å². The van der Waals surface area contributed by atoms with E-state index in [-0.39, 0.29) is 0 Å². The molecule has 1 rings (SSSR count). The van der Waals surface area contributed by atoms with Gasteiger partial charge in [0.15, 0.2) is 0 Å². The molecule has 0 aliphatic rings. The summed E-state index contributed by atoms with van der Waals surface area (Å²) in [5.41, 5.74) is 8.96. The highest BCUT2D eigenvalue weighted by molar-refractivity contribution is 9.10. The first-order chi connectivity index (χ1) is 7.82. The van der Waals surface area contributed by atoms with Crippen molar-refractivity contribution in [3.05, 3.63) is 26.7 Å². The summed E-state index contributed by atoms with van der Waals surface area (Å²) in [5, 5.41) is 9.04. The Labute approximate surface area is 109 Å². The lowest BCUT2D eigenvalue weighted by molar-refractivity contribution is -0.138. The average Bonchev–Trinajstić information content (AvgIpc) is 2.29. The molecule has 1 atom stereocenters. The van der Waals surface area contributed by atoms with Crippen molar-refractivity contribution >= 4 is 21.9 Å². The van der Waals surface area contributed by atoms with Gasteiger partial charge in [0.2, 0.25) is 0 Å². The number of rotatable bonds is 3. The van der Waals surface area contributed by atoms with Crippen LogP contribution < -0.4 is 10.5 Å². The Morgan fingerprint density at radius 3 is 2.24 bits per heavy atom. The van der Waals surface area contributed by atoms with Crippen LogP contribution in [0.25, 0.3) is 0 Å². The molecule has 1 aromatic rings. The molecular weight excluding hydrogens is 286 g/mol. The zero-order chi connectivity index (χ0) is 13.3. The fourth-order valence-electron chi connectivity index (χ4n) is 1.87. The molecule has 4 nitrogen and oxygen atoms in total. The second-order valence-corrected chi connectivity index (χ2v) is 4.74. The van der Waals surface area contributed by atoms with Crippen molar-refractivity contribution < 1.29 is 14.6 Å². The second kappa shape index (κ2) is 5.06. The summed E-state index contributed by atoms with van der Waals surface area (Å²) in [7, 11) is 1.52. The van der Waals surface area contributed by atoms with Crippen LogP contribution in [0.4, 0.5) is 0 Å². The van der Waals surface area contributed by atoms with Crippen molar-refractivity contribution in [2.75, 3.05) is 7.11 Å². The molecule has 1 unspecified atom stereocenters. The fourth-order valence-corrected chi connectivity index (χ4v) is 2.38. The molecule has 0 fully saturated rings. The van der Waals surface area contributed by atoms with Crippen molar-refractivity contribution in [1.82, 2.24) is 0 Å². The van der Waals surface area contributed by atoms with Gasteiger partial charge in [-0.2, -0.15) is 0 Å². The Morgan fingerprint density at radius 1 is 1.29 bits per heavy atom. The molecule has 0 aliphatic carbocycles. The SMILES string of the molecule is COc1c(C)c(C)c(Br)c(C)c1C(N)C(=O)O. The van der Waals surface area contributed by atoms with Crippen molar-refractivity contribution in [1.29, 1.82) is 0 Å². The topological polar surface area (TPSA) is 72.5 Å². The second-order valence-electron chi connectivity index (χ2n) is 3.95. The van der Waals surface area contributed by atoms with Crippen LogP contribution in [0.2, 0.25) is 0 Å². The molecule has 1 aromatic carbocycles. The number of carbonyl (C=O) groups is 1. The van der Waals surface area contributed by atoms with Crippen LogP contribution in [-0.2, 0) is 4.79 Å². The van der Waals surface area contributed by atoms with Crippen LogP contribution >= 0.6 is 15.9 Å². The summed E-state index contributed by atoms with van der Waals surface area (Å²) < 4.78 is 6.18. The van der Waals surface area contributed by atoms with Crippen molar-refractivity contribution in [3.63, 3.8) is 0 Å². The molecule has 5 heteroatoms. The van der Waals surface area contributed by atoms with Crippen molar-refractivity contribution in [3.8, 4) is 5.75 Å². The van der Waals surface area contributed by atoms with Crippen LogP contribution in [0.1, 0.15) is 28.3 Å². The average molecular weight is 302 g/mol. The number of carboxylic acids is 1. The van der Waals surface area contributed by atoms with Gasteiger partial charge >= 0.3 is 5.97 Å². The zero-order valence-electron chi connectivity index (χ0n) is 10.3. The van der Waals surface area contributed by atoms with E-state index in [1.54, 1.807) is 0 Å². The Morgan fingerprint density at radius 2 is 1.82 bits per heavy atom. The Kier molecular flexibility index (Phi) is 4.16. The quantitative estimate of drug-likeness (QED) is 0.899.